The minimum Gasteiger partial charge on any atom is -0.457 e. The second kappa shape index (κ2) is 16.2. The van der Waals surface area contributed by atoms with Crippen molar-refractivity contribution < 1.29 is 4.74 Å². The summed E-state index contributed by atoms with van der Waals surface area (Å²) in [5.41, 5.74) is 17.0. The van der Waals surface area contributed by atoms with Gasteiger partial charge in [-0.3, -0.25) is 9.97 Å². The number of nitriles is 1. The molecule has 0 atom stereocenters. The summed E-state index contributed by atoms with van der Waals surface area (Å²) >= 11 is 0. The molecular formula is C64H40N4O. The maximum atomic E-state index is 10.0. The van der Waals surface area contributed by atoms with Crippen molar-refractivity contribution in [2.45, 2.75) is 5.41 Å². The first-order valence-corrected chi connectivity index (χ1v) is 23.2. The van der Waals surface area contributed by atoms with Gasteiger partial charge in [-0.15, -0.1) is 0 Å². The van der Waals surface area contributed by atoms with Gasteiger partial charge in [-0.1, -0.05) is 115 Å². The van der Waals surface area contributed by atoms with Gasteiger partial charge in [-0.2, -0.15) is 5.26 Å². The fourth-order valence-electron chi connectivity index (χ4n) is 10.6. The third-order valence-electron chi connectivity index (χ3n) is 13.8. The van der Waals surface area contributed by atoms with Crippen LogP contribution in [0.3, 0.4) is 0 Å². The van der Waals surface area contributed by atoms with Crippen LogP contribution >= 0.6 is 0 Å². The fraction of sp³-hybridized carbons (Fsp3) is 0.0156. The molecule has 3 aromatic heterocycles. The third-order valence-corrected chi connectivity index (χ3v) is 13.8. The monoisotopic (exact) mass is 880 g/mol. The Labute approximate surface area is 399 Å². The van der Waals surface area contributed by atoms with Gasteiger partial charge in [-0.25, -0.2) is 0 Å². The lowest BCUT2D eigenvalue weighted by Gasteiger charge is -2.42. The van der Waals surface area contributed by atoms with Crippen LogP contribution < -0.4 is 4.74 Å². The average molecular weight is 881 g/mol. The highest BCUT2D eigenvalue weighted by atomic mass is 16.5. The molecule has 0 bridgehead atoms. The minimum absolute atomic E-state index is 0.630. The van der Waals surface area contributed by atoms with E-state index in [1.54, 1.807) is 0 Å². The summed E-state index contributed by atoms with van der Waals surface area (Å²) in [6.07, 6.45) is 5.67. The molecule has 12 aromatic rings. The third kappa shape index (κ3) is 6.61. The number of hydrogen-bond donors (Lipinski definition) is 0. The zero-order chi connectivity index (χ0) is 45.9. The molecule has 0 saturated heterocycles. The average Bonchev–Trinajstić information content (AvgIpc) is 3.75. The molecule has 4 heterocycles. The van der Waals surface area contributed by atoms with E-state index >= 15 is 0 Å². The molecule has 1 aliphatic heterocycles. The number of hydrogen-bond acceptors (Lipinski definition) is 4. The van der Waals surface area contributed by atoms with E-state index in [0.717, 1.165) is 117 Å². The normalized spacial score (nSPS) is 12.6. The van der Waals surface area contributed by atoms with Crippen LogP contribution in [0.4, 0.5) is 0 Å². The van der Waals surface area contributed by atoms with E-state index in [1.807, 2.05) is 42.9 Å². The Morgan fingerprint density at radius 1 is 0.435 bits per heavy atom. The molecule has 0 spiro atoms. The van der Waals surface area contributed by atoms with Crippen molar-refractivity contribution in [3.8, 4) is 67.8 Å². The zero-order valence-electron chi connectivity index (χ0n) is 37.3. The molecule has 1 aliphatic rings. The Morgan fingerprint density at radius 3 is 1.64 bits per heavy atom. The maximum absolute atomic E-state index is 10.0. The van der Waals surface area contributed by atoms with Crippen LogP contribution in [-0.4, -0.2) is 14.5 Å². The molecule has 0 fully saturated rings. The SMILES string of the molecule is N#Cc1ccc2c(c1)c1cc(-c3ccc4c(c3)C(c3ccccc3)(c3ccccc3)c3cc(-c5cc(-c6ccncc6)cc(-c6cnc7ccccc7c6)c5)ccc3O4)ccc1n2-c1ccccc1. The molecule has 0 aliphatic carbocycles. The molecule has 9 aromatic carbocycles. The molecule has 0 N–H and O–H groups in total. The van der Waals surface area contributed by atoms with E-state index < -0.39 is 5.41 Å². The Morgan fingerprint density at radius 2 is 0.971 bits per heavy atom. The molecule has 0 amide bonds. The predicted molar refractivity (Wildman–Crippen MR) is 279 cm³/mol. The van der Waals surface area contributed by atoms with Gasteiger partial charge >= 0.3 is 0 Å². The second-order valence-electron chi connectivity index (χ2n) is 17.7. The van der Waals surface area contributed by atoms with Crippen LogP contribution in [0.25, 0.3) is 82.9 Å². The van der Waals surface area contributed by atoms with Gasteiger partial charge < -0.3 is 9.30 Å². The number of pyridine rings is 2. The summed E-state index contributed by atoms with van der Waals surface area (Å²) in [6, 6.07) is 81.9. The first kappa shape index (κ1) is 39.9. The maximum Gasteiger partial charge on any atom is 0.132 e. The number of rotatable bonds is 7. The summed E-state index contributed by atoms with van der Waals surface area (Å²) in [5.74, 6) is 1.61. The van der Waals surface area contributed by atoms with Crippen molar-refractivity contribution in [3.63, 3.8) is 0 Å². The van der Waals surface area contributed by atoms with Gasteiger partial charge in [0.15, 0.2) is 0 Å². The number of nitrogens with zero attached hydrogens (tertiary/aromatic N) is 4. The molecule has 5 nitrogen and oxygen atoms in total. The summed E-state index contributed by atoms with van der Waals surface area (Å²) in [5, 5.41) is 13.2. The summed E-state index contributed by atoms with van der Waals surface area (Å²) in [4.78, 5) is 9.21. The lowest BCUT2D eigenvalue weighted by atomic mass is 9.63. The Bertz CT molecular complexity index is 3950. The molecule has 322 valence electrons. The van der Waals surface area contributed by atoms with Gasteiger partial charge in [0, 0.05) is 57.1 Å². The van der Waals surface area contributed by atoms with Crippen molar-refractivity contribution in [2.24, 2.45) is 0 Å². The van der Waals surface area contributed by atoms with E-state index in [1.165, 1.54) is 0 Å². The summed E-state index contributed by atoms with van der Waals surface area (Å²) in [6.45, 7) is 0. The van der Waals surface area contributed by atoms with Crippen molar-refractivity contribution in [1.82, 2.24) is 14.5 Å². The predicted octanol–water partition coefficient (Wildman–Crippen LogP) is 15.8. The van der Waals surface area contributed by atoms with Crippen molar-refractivity contribution in [1.29, 1.82) is 5.26 Å². The van der Waals surface area contributed by atoms with Crippen LogP contribution in [0.1, 0.15) is 27.8 Å². The van der Waals surface area contributed by atoms with Gasteiger partial charge in [0.05, 0.1) is 33.6 Å². The van der Waals surface area contributed by atoms with E-state index in [9.17, 15) is 5.26 Å². The largest absolute Gasteiger partial charge is 0.457 e. The molecular weight excluding hydrogens is 841 g/mol. The summed E-state index contributed by atoms with van der Waals surface area (Å²) in [7, 11) is 0. The summed E-state index contributed by atoms with van der Waals surface area (Å²) < 4.78 is 9.33. The molecule has 69 heavy (non-hydrogen) atoms. The second-order valence-corrected chi connectivity index (χ2v) is 17.7. The first-order chi connectivity index (χ1) is 34.1. The van der Waals surface area contributed by atoms with Gasteiger partial charge in [0.2, 0.25) is 0 Å². The molecule has 5 heteroatoms. The number of para-hydroxylation sites is 2. The smallest absolute Gasteiger partial charge is 0.132 e. The van der Waals surface area contributed by atoms with Gasteiger partial charge in [0.1, 0.15) is 11.5 Å². The molecule has 0 radical (unpaired) electrons. The van der Waals surface area contributed by atoms with Crippen LogP contribution in [-0.2, 0) is 5.41 Å². The van der Waals surface area contributed by atoms with Crippen LogP contribution in [0.15, 0.2) is 243 Å². The van der Waals surface area contributed by atoms with E-state index in [0.29, 0.717) is 5.56 Å². The molecule has 13 rings (SSSR count). The van der Waals surface area contributed by atoms with Crippen molar-refractivity contribution >= 4 is 32.7 Å². The highest BCUT2D eigenvalue weighted by Gasteiger charge is 2.45. The molecule has 0 unspecified atom stereocenters. The lowest BCUT2D eigenvalue weighted by Crippen LogP contribution is -2.34. The topological polar surface area (TPSA) is 63.7 Å². The standard InChI is InChI=1S/C64H40N4O/c65-40-42-20-24-60-55(32-42)56-37-44(21-25-61(56)68(60)54-17-8-3-9-18-54)45-22-26-62-57(38-45)64(52-13-4-1-5-14-52,53-15-6-2-7-16-53)58-39-46(23-27-63(58)69-62)49-34-48(43-28-30-66-31-29-43)35-50(36-49)51-33-47-12-10-11-19-59(47)67-41-51/h1-39,41H. The number of ether oxygens (including phenoxy) is 1. The Kier molecular flexibility index (Phi) is 9.38. The highest BCUT2D eigenvalue weighted by Crippen LogP contribution is 2.57. The minimum atomic E-state index is -0.777. The zero-order valence-corrected chi connectivity index (χ0v) is 37.3. The van der Waals surface area contributed by atoms with Crippen LogP contribution in [0.5, 0.6) is 11.5 Å². The quantitative estimate of drug-likeness (QED) is 0.160. The van der Waals surface area contributed by atoms with Gasteiger partial charge in [0.25, 0.3) is 0 Å². The number of fused-ring (bicyclic) bond motifs is 6. The number of benzene rings is 9. The van der Waals surface area contributed by atoms with Gasteiger partial charge in [-0.05, 0) is 159 Å². The highest BCUT2D eigenvalue weighted by molar-refractivity contribution is 6.11. The van der Waals surface area contributed by atoms with E-state index in [-0.39, 0.29) is 0 Å². The molecule has 0 saturated carbocycles. The number of aromatic nitrogens is 3. The Balaban J connectivity index is 1.03. The van der Waals surface area contributed by atoms with Crippen LogP contribution in [0.2, 0.25) is 0 Å². The van der Waals surface area contributed by atoms with E-state index in [2.05, 4.69) is 216 Å². The fourth-order valence-corrected chi connectivity index (χ4v) is 10.6. The lowest BCUT2D eigenvalue weighted by molar-refractivity contribution is 0.435. The van der Waals surface area contributed by atoms with Crippen molar-refractivity contribution in [2.75, 3.05) is 0 Å². The first-order valence-electron chi connectivity index (χ1n) is 23.2. The van der Waals surface area contributed by atoms with Crippen molar-refractivity contribution in [3.05, 3.63) is 271 Å². The van der Waals surface area contributed by atoms with E-state index in [4.69, 9.17) is 9.72 Å². The Hall–Kier alpha value is -9.37. The van der Waals surface area contributed by atoms with Crippen LogP contribution in [0, 0.1) is 11.3 Å².